The fraction of sp³-hybridized carbons (Fsp3) is 0.0667. The van der Waals surface area contributed by atoms with Crippen molar-refractivity contribution in [3.05, 3.63) is 53.1 Å². The average molecular weight is 304 g/mol. The molecular weight excluding hydrogens is 290 g/mol. The van der Waals surface area contributed by atoms with Gasteiger partial charge in [-0.25, -0.2) is 0 Å². The molecule has 108 valence electrons. The Hall–Kier alpha value is -2.53. The molecule has 0 fully saturated rings. The van der Waals surface area contributed by atoms with E-state index in [2.05, 4.69) is 10.6 Å². The highest BCUT2D eigenvalue weighted by Crippen LogP contribution is 2.19. The molecule has 21 heavy (non-hydrogen) atoms. The molecule has 2 aromatic carbocycles. The van der Waals surface area contributed by atoms with E-state index in [4.69, 9.17) is 17.3 Å². The summed E-state index contributed by atoms with van der Waals surface area (Å²) in [5.41, 5.74) is 7.96. The number of hydrogen-bond acceptors (Lipinski definition) is 3. The van der Waals surface area contributed by atoms with E-state index in [9.17, 15) is 9.59 Å². The summed E-state index contributed by atoms with van der Waals surface area (Å²) in [6.07, 6.45) is 0. The lowest BCUT2D eigenvalue weighted by Crippen LogP contribution is -2.29. The van der Waals surface area contributed by atoms with Gasteiger partial charge in [0.1, 0.15) is 0 Å². The van der Waals surface area contributed by atoms with Crippen molar-refractivity contribution in [3.8, 4) is 0 Å². The third-order valence-electron chi connectivity index (χ3n) is 2.77. The van der Waals surface area contributed by atoms with E-state index in [1.54, 1.807) is 36.4 Å². The predicted molar refractivity (Wildman–Crippen MR) is 84.3 cm³/mol. The molecule has 0 saturated heterocycles. The monoisotopic (exact) mass is 303 g/mol. The van der Waals surface area contributed by atoms with E-state index in [1.807, 2.05) is 13.0 Å². The van der Waals surface area contributed by atoms with E-state index >= 15 is 0 Å². The lowest BCUT2D eigenvalue weighted by Gasteiger charge is -2.09. The Morgan fingerprint density at radius 1 is 1.00 bits per heavy atom. The number of carbonyl (C=O) groups is 2. The maximum Gasteiger partial charge on any atom is 0.314 e. The van der Waals surface area contributed by atoms with Crippen LogP contribution in [0.25, 0.3) is 0 Å². The summed E-state index contributed by atoms with van der Waals surface area (Å²) in [6, 6.07) is 11.6. The molecule has 2 rings (SSSR count). The van der Waals surface area contributed by atoms with Crippen LogP contribution in [0.15, 0.2) is 42.5 Å². The lowest BCUT2D eigenvalue weighted by molar-refractivity contribution is -0.132. The minimum absolute atomic E-state index is 0.397. The Bertz CT molecular complexity index is 684. The summed E-state index contributed by atoms with van der Waals surface area (Å²) in [4.78, 5) is 23.6. The van der Waals surface area contributed by atoms with E-state index < -0.39 is 11.8 Å². The molecule has 2 aromatic rings. The highest BCUT2D eigenvalue weighted by atomic mass is 35.5. The molecule has 0 saturated carbocycles. The van der Waals surface area contributed by atoms with Crippen molar-refractivity contribution in [2.75, 3.05) is 16.4 Å². The van der Waals surface area contributed by atoms with Gasteiger partial charge in [0, 0.05) is 10.7 Å². The predicted octanol–water partition coefficient (Wildman–Crippen LogP) is 2.81. The van der Waals surface area contributed by atoms with Crippen LogP contribution in [-0.4, -0.2) is 11.8 Å². The number of halogens is 1. The molecule has 0 unspecified atom stereocenters. The SMILES string of the molecule is Cc1ccc(N)c(NC(=O)C(=O)Nc2ccc(Cl)cc2)c1. The minimum atomic E-state index is -0.790. The van der Waals surface area contributed by atoms with Gasteiger partial charge in [-0.1, -0.05) is 17.7 Å². The summed E-state index contributed by atoms with van der Waals surface area (Å²) >= 11 is 5.74. The Morgan fingerprint density at radius 3 is 2.29 bits per heavy atom. The van der Waals surface area contributed by atoms with Gasteiger partial charge >= 0.3 is 11.8 Å². The topological polar surface area (TPSA) is 84.2 Å². The van der Waals surface area contributed by atoms with Crippen LogP contribution in [0.4, 0.5) is 17.1 Å². The number of rotatable bonds is 2. The number of carbonyl (C=O) groups excluding carboxylic acids is 2. The van der Waals surface area contributed by atoms with Crippen LogP contribution in [0.1, 0.15) is 5.56 Å². The van der Waals surface area contributed by atoms with E-state index in [0.29, 0.717) is 22.1 Å². The van der Waals surface area contributed by atoms with E-state index in [1.165, 1.54) is 0 Å². The van der Waals surface area contributed by atoms with Crippen LogP contribution in [0.3, 0.4) is 0 Å². The van der Waals surface area contributed by atoms with Crippen molar-refractivity contribution in [2.24, 2.45) is 0 Å². The summed E-state index contributed by atoms with van der Waals surface area (Å²) in [5, 5.41) is 5.50. The first-order valence-corrected chi connectivity index (χ1v) is 6.57. The van der Waals surface area contributed by atoms with Gasteiger partial charge in [0.15, 0.2) is 0 Å². The van der Waals surface area contributed by atoms with Crippen LogP contribution in [0.2, 0.25) is 5.02 Å². The Morgan fingerprint density at radius 2 is 1.62 bits per heavy atom. The molecule has 2 amide bonds. The van der Waals surface area contributed by atoms with Gasteiger partial charge < -0.3 is 16.4 Å². The van der Waals surface area contributed by atoms with E-state index in [0.717, 1.165) is 5.56 Å². The van der Waals surface area contributed by atoms with Crippen LogP contribution in [0.5, 0.6) is 0 Å². The number of nitrogen functional groups attached to an aromatic ring is 1. The Balaban J connectivity index is 2.04. The third kappa shape index (κ3) is 3.97. The number of anilines is 3. The Kier molecular flexibility index (Phi) is 4.45. The van der Waals surface area contributed by atoms with Crippen molar-refractivity contribution in [2.45, 2.75) is 6.92 Å². The molecule has 0 heterocycles. The van der Waals surface area contributed by atoms with Crippen molar-refractivity contribution in [1.29, 1.82) is 0 Å². The number of nitrogens with one attached hydrogen (secondary N) is 2. The molecular formula is C15H14ClN3O2. The highest BCUT2D eigenvalue weighted by molar-refractivity contribution is 6.44. The molecule has 0 aliphatic carbocycles. The zero-order chi connectivity index (χ0) is 15.4. The van der Waals surface area contributed by atoms with Gasteiger partial charge in [-0.15, -0.1) is 0 Å². The zero-order valence-electron chi connectivity index (χ0n) is 11.3. The molecule has 0 aromatic heterocycles. The molecule has 0 aliphatic rings. The van der Waals surface area contributed by atoms with Gasteiger partial charge in [0.25, 0.3) is 0 Å². The highest BCUT2D eigenvalue weighted by Gasteiger charge is 2.15. The summed E-state index contributed by atoms with van der Waals surface area (Å²) in [5.74, 6) is -1.57. The Labute approximate surface area is 127 Å². The summed E-state index contributed by atoms with van der Waals surface area (Å²) in [7, 11) is 0. The van der Waals surface area contributed by atoms with Crippen molar-refractivity contribution < 1.29 is 9.59 Å². The van der Waals surface area contributed by atoms with Crippen molar-refractivity contribution in [1.82, 2.24) is 0 Å². The quantitative estimate of drug-likeness (QED) is 0.589. The number of aryl methyl sites for hydroxylation is 1. The fourth-order valence-electron chi connectivity index (χ4n) is 1.68. The van der Waals surface area contributed by atoms with Gasteiger partial charge in [-0.05, 0) is 48.9 Å². The van der Waals surface area contributed by atoms with Gasteiger partial charge in [-0.2, -0.15) is 0 Å². The molecule has 0 radical (unpaired) electrons. The minimum Gasteiger partial charge on any atom is -0.397 e. The maximum absolute atomic E-state index is 11.8. The molecule has 4 N–H and O–H groups in total. The smallest absolute Gasteiger partial charge is 0.314 e. The molecule has 5 nitrogen and oxygen atoms in total. The molecule has 0 bridgehead atoms. The van der Waals surface area contributed by atoms with Crippen molar-refractivity contribution >= 4 is 40.5 Å². The molecule has 0 spiro atoms. The fourth-order valence-corrected chi connectivity index (χ4v) is 1.80. The first-order chi connectivity index (χ1) is 9.95. The number of benzene rings is 2. The molecule has 0 aliphatic heterocycles. The van der Waals surface area contributed by atoms with Gasteiger partial charge in [-0.3, -0.25) is 9.59 Å². The van der Waals surface area contributed by atoms with Crippen LogP contribution < -0.4 is 16.4 Å². The van der Waals surface area contributed by atoms with E-state index in [-0.39, 0.29) is 0 Å². The number of hydrogen-bond donors (Lipinski definition) is 3. The van der Waals surface area contributed by atoms with Gasteiger partial charge in [0.05, 0.1) is 11.4 Å². The lowest BCUT2D eigenvalue weighted by atomic mass is 10.2. The van der Waals surface area contributed by atoms with Crippen LogP contribution in [0, 0.1) is 6.92 Å². The first-order valence-electron chi connectivity index (χ1n) is 6.20. The largest absolute Gasteiger partial charge is 0.397 e. The standard InChI is InChI=1S/C15H14ClN3O2/c1-9-2-7-12(17)13(8-9)19-15(21)14(20)18-11-5-3-10(16)4-6-11/h2-8H,17H2,1H3,(H,18,20)(H,19,21). The average Bonchev–Trinajstić information content (AvgIpc) is 2.45. The normalized spacial score (nSPS) is 10.0. The van der Waals surface area contributed by atoms with Crippen LogP contribution in [-0.2, 0) is 9.59 Å². The zero-order valence-corrected chi connectivity index (χ0v) is 12.1. The summed E-state index contributed by atoms with van der Waals surface area (Å²) in [6.45, 7) is 1.86. The summed E-state index contributed by atoms with van der Waals surface area (Å²) < 4.78 is 0. The van der Waals surface area contributed by atoms with Gasteiger partial charge in [0.2, 0.25) is 0 Å². The van der Waals surface area contributed by atoms with Crippen molar-refractivity contribution in [3.63, 3.8) is 0 Å². The maximum atomic E-state index is 11.8. The second kappa shape index (κ2) is 6.28. The number of amides is 2. The first kappa shape index (κ1) is 14.9. The second-order valence-corrected chi connectivity index (χ2v) is 4.94. The molecule has 0 atom stereocenters. The third-order valence-corrected chi connectivity index (χ3v) is 3.02. The van der Waals surface area contributed by atoms with Crippen LogP contribution >= 0.6 is 11.6 Å². The number of nitrogens with two attached hydrogens (primary N) is 1. The molecule has 6 heteroatoms. The second-order valence-electron chi connectivity index (χ2n) is 4.51.